The van der Waals surface area contributed by atoms with Gasteiger partial charge in [-0.1, -0.05) is 53.7 Å². The molecule has 0 aromatic carbocycles. The van der Waals surface area contributed by atoms with Crippen molar-refractivity contribution in [1.29, 1.82) is 0 Å². The minimum atomic E-state index is 0.984. The quantitative estimate of drug-likeness (QED) is 0.770. The van der Waals surface area contributed by atoms with Crippen molar-refractivity contribution in [3.05, 3.63) is 77.2 Å². The van der Waals surface area contributed by atoms with Crippen molar-refractivity contribution < 1.29 is 0 Å². The highest BCUT2D eigenvalue weighted by atomic mass is 14.7. The summed E-state index contributed by atoms with van der Waals surface area (Å²) >= 11 is 0. The molecule has 90 valence electrons. The average Bonchev–Trinajstić information content (AvgIpc) is 3.03. The molecule has 18 heavy (non-hydrogen) atoms. The van der Waals surface area contributed by atoms with Gasteiger partial charge in [-0.15, -0.1) is 0 Å². The zero-order chi connectivity index (χ0) is 12.2. The number of allylic oxidation sites excluding steroid dienone is 8. The molecule has 0 amide bonds. The lowest BCUT2D eigenvalue weighted by molar-refractivity contribution is 0.949. The maximum atomic E-state index is 4.76. The predicted molar refractivity (Wildman–Crippen MR) is 75.3 cm³/mol. The molecule has 0 radical (unpaired) electrons. The summed E-state index contributed by atoms with van der Waals surface area (Å²) in [6.45, 7) is 0. The molecule has 0 saturated carbocycles. The van der Waals surface area contributed by atoms with E-state index in [-0.39, 0.29) is 0 Å². The summed E-state index contributed by atoms with van der Waals surface area (Å²) in [4.78, 5) is 4.76. The Hall–Kier alpha value is -1.89. The van der Waals surface area contributed by atoms with Gasteiger partial charge in [0.25, 0.3) is 0 Å². The lowest BCUT2D eigenvalue weighted by atomic mass is 10.1. The van der Waals surface area contributed by atoms with Gasteiger partial charge in [-0.3, -0.25) is 4.98 Å². The first-order valence-electron chi connectivity index (χ1n) is 6.54. The molecule has 2 aliphatic carbocycles. The Balaban J connectivity index is 1.68. The Kier molecular flexibility index (Phi) is 3.22. The third-order valence-corrected chi connectivity index (χ3v) is 3.38. The molecule has 0 aliphatic heterocycles. The normalized spacial score (nSPS) is 17.1. The molecule has 1 heteroatoms. The number of aromatic nitrogens is 1. The molecule has 1 aromatic rings. The smallest absolute Gasteiger partial charge is 0.0447 e. The van der Waals surface area contributed by atoms with Gasteiger partial charge < -0.3 is 0 Å². The van der Waals surface area contributed by atoms with E-state index >= 15 is 0 Å². The molecule has 3 rings (SSSR count). The predicted octanol–water partition coefficient (Wildman–Crippen LogP) is 3.94. The Labute approximate surface area is 108 Å². The van der Waals surface area contributed by atoms with Gasteiger partial charge in [0, 0.05) is 24.2 Å². The van der Waals surface area contributed by atoms with Crippen LogP contribution < -0.4 is 0 Å². The van der Waals surface area contributed by atoms with Crippen LogP contribution >= 0.6 is 0 Å². The summed E-state index contributed by atoms with van der Waals surface area (Å²) in [5.74, 6) is 0. The Morgan fingerprint density at radius 1 is 0.833 bits per heavy atom. The molecule has 0 bridgehead atoms. The Morgan fingerprint density at radius 2 is 1.39 bits per heavy atom. The molecule has 0 saturated heterocycles. The van der Waals surface area contributed by atoms with Gasteiger partial charge in [-0.2, -0.15) is 0 Å². The lowest BCUT2D eigenvalue weighted by Crippen LogP contribution is -1.98. The van der Waals surface area contributed by atoms with Crippen LogP contribution in [0.4, 0.5) is 0 Å². The summed E-state index contributed by atoms with van der Waals surface area (Å²) < 4.78 is 0. The fourth-order valence-corrected chi connectivity index (χ4v) is 2.44. The van der Waals surface area contributed by atoms with Crippen LogP contribution in [0.1, 0.15) is 24.2 Å². The Bertz CT molecular complexity index is 511. The molecule has 0 spiro atoms. The first-order chi connectivity index (χ1) is 8.90. The minimum absolute atomic E-state index is 0.984. The zero-order valence-corrected chi connectivity index (χ0v) is 10.5. The monoisotopic (exact) mass is 235 g/mol. The van der Waals surface area contributed by atoms with Crippen LogP contribution in [-0.2, 0) is 12.8 Å². The molecule has 0 atom stereocenters. The third-order valence-electron chi connectivity index (χ3n) is 3.38. The van der Waals surface area contributed by atoms with Crippen LogP contribution in [0.3, 0.4) is 0 Å². The molecular formula is C17H17N. The van der Waals surface area contributed by atoms with Gasteiger partial charge in [0.15, 0.2) is 0 Å². The van der Waals surface area contributed by atoms with Gasteiger partial charge >= 0.3 is 0 Å². The number of nitrogens with zero attached hydrogens (tertiary/aromatic N) is 1. The molecule has 0 N–H and O–H groups in total. The molecule has 1 aromatic heterocycles. The average molecular weight is 235 g/mol. The largest absolute Gasteiger partial charge is 0.257 e. The first kappa shape index (κ1) is 11.2. The number of hydrogen-bond acceptors (Lipinski definition) is 1. The summed E-state index contributed by atoms with van der Waals surface area (Å²) in [5.41, 5.74) is 5.30. The van der Waals surface area contributed by atoms with Crippen molar-refractivity contribution >= 4 is 0 Å². The van der Waals surface area contributed by atoms with Gasteiger partial charge in [0.05, 0.1) is 0 Å². The van der Waals surface area contributed by atoms with Crippen LogP contribution in [0.5, 0.6) is 0 Å². The second-order valence-electron chi connectivity index (χ2n) is 4.89. The highest BCUT2D eigenvalue weighted by Gasteiger charge is 2.06. The lowest BCUT2D eigenvalue weighted by Gasteiger charge is -2.06. The number of rotatable bonds is 4. The van der Waals surface area contributed by atoms with Crippen LogP contribution in [0.25, 0.3) is 0 Å². The third kappa shape index (κ3) is 2.67. The van der Waals surface area contributed by atoms with Gasteiger partial charge in [-0.05, 0) is 25.0 Å². The molecular weight excluding hydrogens is 218 g/mol. The highest BCUT2D eigenvalue weighted by molar-refractivity contribution is 5.30. The summed E-state index contributed by atoms with van der Waals surface area (Å²) in [6, 6.07) is 6.39. The van der Waals surface area contributed by atoms with Crippen molar-refractivity contribution in [3.8, 4) is 0 Å². The number of pyridine rings is 1. The maximum absolute atomic E-state index is 4.76. The van der Waals surface area contributed by atoms with Gasteiger partial charge in [-0.25, -0.2) is 0 Å². The van der Waals surface area contributed by atoms with Crippen molar-refractivity contribution in [2.24, 2.45) is 0 Å². The van der Waals surface area contributed by atoms with Gasteiger partial charge in [0.1, 0.15) is 0 Å². The molecule has 2 aliphatic rings. The van der Waals surface area contributed by atoms with Crippen molar-refractivity contribution in [3.63, 3.8) is 0 Å². The van der Waals surface area contributed by atoms with Crippen LogP contribution in [0, 0.1) is 0 Å². The van der Waals surface area contributed by atoms with Crippen molar-refractivity contribution in [2.45, 2.75) is 25.7 Å². The first-order valence-corrected chi connectivity index (χ1v) is 6.54. The Morgan fingerprint density at radius 3 is 1.83 bits per heavy atom. The summed E-state index contributed by atoms with van der Waals surface area (Å²) in [6.07, 6.45) is 17.2. The van der Waals surface area contributed by atoms with E-state index in [4.69, 9.17) is 4.98 Å². The van der Waals surface area contributed by atoms with Gasteiger partial charge in [0.2, 0.25) is 0 Å². The van der Waals surface area contributed by atoms with E-state index in [0.717, 1.165) is 25.7 Å². The SMILES string of the molecule is C1=CCC(Cc2cccc(CC3=CC=CC3)n2)=C1. The van der Waals surface area contributed by atoms with Crippen LogP contribution in [0.2, 0.25) is 0 Å². The fraction of sp³-hybridized carbons (Fsp3) is 0.235. The van der Waals surface area contributed by atoms with E-state index in [9.17, 15) is 0 Å². The van der Waals surface area contributed by atoms with Crippen LogP contribution in [0.15, 0.2) is 65.8 Å². The molecule has 1 heterocycles. The maximum Gasteiger partial charge on any atom is 0.0447 e. The van der Waals surface area contributed by atoms with E-state index in [0.29, 0.717) is 0 Å². The van der Waals surface area contributed by atoms with E-state index in [1.54, 1.807) is 0 Å². The van der Waals surface area contributed by atoms with Crippen molar-refractivity contribution in [1.82, 2.24) is 4.98 Å². The molecule has 0 fully saturated rings. The fourth-order valence-electron chi connectivity index (χ4n) is 2.44. The van der Waals surface area contributed by atoms with E-state index in [1.165, 1.54) is 22.5 Å². The molecule has 1 nitrogen and oxygen atoms in total. The topological polar surface area (TPSA) is 12.9 Å². The minimum Gasteiger partial charge on any atom is -0.257 e. The van der Waals surface area contributed by atoms with E-state index in [1.807, 2.05) is 0 Å². The zero-order valence-electron chi connectivity index (χ0n) is 10.5. The number of hydrogen-bond donors (Lipinski definition) is 0. The highest BCUT2D eigenvalue weighted by Crippen LogP contribution is 2.18. The van der Waals surface area contributed by atoms with Crippen LogP contribution in [-0.4, -0.2) is 4.98 Å². The standard InChI is InChI=1S/C17H17N/c1-2-7-14(6-1)12-16-10-5-11-17(18-16)13-15-8-3-4-9-15/h1-6,8,10-11H,7,9,12-13H2. The van der Waals surface area contributed by atoms with E-state index in [2.05, 4.69) is 54.7 Å². The second kappa shape index (κ2) is 5.18. The molecule has 0 unspecified atom stereocenters. The summed E-state index contributed by atoms with van der Waals surface area (Å²) in [7, 11) is 0. The van der Waals surface area contributed by atoms with Crippen molar-refractivity contribution in [2.75, 3.05) is 0 Å². The van der Waals surface area contributed by atoms with E-state index < -0.39 is 0 Å². The second-order valence-corrected chi connectivity index (χ2v) is 4.89. The summed E-state index contributed by atoms with van der Waals surface area (Å²) in [5, 5.41) is 0.